The molecule has 0 spiro atoms. The number of hydrogen-bond donors (Lipinski definition) is 0. The second-order valence-electron chi connectivity index (χ2n) is 4.02. The standard InChI is InChI=1S/C12H11.C5H5.2ClH.Zr/c1-2-5-10-8-9-11-6-3-4-7-12(10)11;1-2-4-5-3-1;;;/h2-4,6-7,9-10H,1,5H2;1-3H,4H2;2*1H;/q2*-1;;;+4/p-2. The molecule has 3 rings (SSSR count). The van der Waals surface area contributed by atoms with Gasteiger partial charge in [-0.15, -0.1) is 24.6 Å². The maximum atomic E-state index is 3.74. The van der Waals surface area contributed by atoms with Gasteiger partial charge >= 0.3 is 26.2 Å². The molecule has 0 aromatic heterocycles. The van der Waals surface area contributed by atoms with Crippen LogP contribution in [0.25, 0.3) is 6.08 Å². The number of halogens is 2. The SMILES string of the molecule is C=CCC1[C-]=Cc2ccccc21.[C-]1=CC=CC1.[Cl-].[Cl-].[Zr+4]. The van der Waals surface area contributed by atoms with Crippen molar-refractivity contribution in [3.05, 3.63) is 78.4 Å². The summed E-state index contributed by atoms with van der Waals surface area (Å²) >= 11 is 0. The second kappa shape index (κ2) is 12.4. The third-order valence-electron chi connectivity index (χ3n) is 2.80. The van der Waals surface area contributed by atoms with Gasteiger partial charge in [-0.3, -0.25) is 12.2 Å². The molecule has 0 aliphatic heterocycles. The molecular formula is C17H16Cl2Zr. The number of rotatable bonds is 2. The topological polar surface area (TPSA) is 0 Å². The van der Waals surface area contributed by atoms with Gasteiger partial charge in [0.2, 0.25) is 0 Å². The minimum absolute atomic E-state index is 0. The third kappa shape index (κ3) is 6.40. The molecule has 0 saturated heterocycles. The molecule has 0 saturated carbocycles. The second-order valence-corrected chi connectivity index (χ2v) is 4.02. The van der Waals surface area contributed by atoms with E-state index in [1.807, 2.05) is 18.2 Å². The zero-order chi connectivity index (χ0) is 11.9. The van der Waals surface area contributed by atoms with Gasteiger partial charge in [0.25, 0.3) is 0 Å². The van der Waals surface area contributed by atoms with Crippen LogP contribution in [0, 0.1) is 12.2 Å². The largest absolute Gasteiger partial charge is 4.00 e. The Labute approximate surface area is 153 Å². The van der Waals surface area contributed by atoms with Crippen LogP contribution in [0.15, 0.2) is 55.1 Å². The predicted octanol–water partition coefficient (Wildman–Crippen LogP) is -1.51. The van der Waals surface area contributed by atoms with Crippen LogP contribution in [0.3, 0.4) is 0 Å². The van der Waals surface area contributed by atoms with E-state index in [4.69, 9.17) is 0 Å². The third-order valence-corrected chi connectivity index (χ3v) is 2.80. The quantitative estimate of drug-likeness (QED) is 0.431. The summed E-state index contributed by atoms with van der Waals surface area (Å²) in [6.07, 6.45) is 18.3. The van der Waals surface area contributed by atoms with Crippen LogP contribution in [0.5, 0.6) is 0 Å². The molecule has 0 N–H and O–H groups in total. The fourth-order valence-electron chi connectivity index (χ4n) is 1.94. The van der Waals surface area contributed by atoms with E-state index in [1.165, 1.54) is 11.1 Å². The van der Waals surface area contributed by atoms with E-state index in [-0.39, 0.29) is 51.0 Å². The van der Waals surface area contributed by atoms with Gasteiger partial charge < -0.3 is 24.8 Å². The number of allylic oxidation sites excluding steroid dienone is 6. The van der Waals surface area contributed by atoms with Crippen molar-refractivity contribution in [1.29, 1.82) is 0 Å². The first-order chi connectivity index (χ1) is 8.42. The Bertz CT molecular complexity index is 466. The molecular weight excluding hydrogens is 366 g/mol. The Kier molecular flexibility index (Phi) is 13.6. The van der Waals surface area contributed by atoms with Crippen molar-refractivity contribution in [2.45, 2.75) is 18.8 Å². The van der Waals surface area contributed by atoms with Gasteiger partial charge in [0.05, 0.1) is 0 Å². The van der Waals surface area contributed by atoms with E-state index in [2.05, 4.69) is 55.1 Å². The Balaban J connectivity index is 0. The molecule has 0 heterocycles. The molecule has 0 fully saturated rings. The molecule has 1 atom stereocenters. The average molecular weight is 382 g/mol. The van der Waals surface area contributed by atoms with E-state index in [1.54, 1.807) is 0 Å². The molecule has 2 aliphatic carbocycles. The summed E-state index contributed by atoms with van der Waals surface area (Å²) in [5.74, 6) is 0.443. The van der Waals surface area contributed by atoms with Gasteiger partial charge in [-0.25, -0.2) is 18.2 Å². The van der Waals surface area contributed by atoms with E-state index >= 15 is 0 Å². The molecule has 3 heteroatoms. The number of hydrogen-bond acceptors (Lipinski definition) is 0. The van der Waals surface area contributed by atoms with Gasteiger partial charge in [0, 0.05) is 0 Å². The Morgan fingerprint density at radius 1 is 1.25 bits per heavy atom. The van der Waals surface area contributed by atoms with Crippen molar-refractivity contribution in [1.82, 2.24) is 0 Å². The number of fused-ring (bicyclic) bond motifs is 1. The van der Waals surface area contributed by atoms with Gasteiger partial charge in [-0.1, -0.05) is 30.2 Å². The predicted molar refractivity (Wildman–Crippen MR) is 73.3 cm³/mol. The Morgan fingerprint density at radius 3 is 2.55 bits per heavy atom. The summed E-state index contributed by atoms with van der Waals surface area (Å²) in [6.45, 7) is 3.74. The summed E-state index contributed by atoms with van der Waals surface area (Å²) in [5.41, 5.74) is 2.70. The van der Waals surface area contributed by atoms with Gasteiger partial charge in [0.1, 0.15) is 0 Å². The monoisotopic (exact) mass is 380 g/mol. The van der Waals surface area contributed by atoms with Crippen LogP contribution in [0.1, 0.15) is 29.9 Å². The summed E-state index contributed by atoms with van der Waals surface area (Å²) in [4.78, 5) is 0. The molecule has 0 radical (unpaired) electrons. The molecule has 0 nitrogen and oxygen atoms in total. The Morgan fingerprint density at radius 2 is 2.00 bits per heavy atom. The summed E-state index contributed by atoms with van der Waals surface area (Å²) in [5, 5.41) is 0. The van der Waals surface area contributed by atoms with Gasteiger partial charge in [-0.05, 0) is 6.42 Å². The van der Waals surface area contributed by atoms with Crippen molar-refractivity contribution in [2.75, 3.05) is 0 Å². The van der Waals surface area contributed by atoms with E-state index in [0.29, 0.717) is 5.92 Å². The molecule has 2 aliphatic rings. The van der Waals surface area contributed by atoms with Crippen molar-refractivity contribution >= 4 is 6.08 Å². The van der Waals surface area contributed by atoms with Crippen LogP contribution in [-0.2, 0) is 26.2 Å². The van der Waals surface area contributed by atoms with Crippen LogP contribution in [-0.4, -0.2) is 0 Å². The Hall–Kier alpha value is -0.357. The maximum absolute atomic E-state index is 3.74. The average Bonchev–Trinajstić information content (AvgIpc) is 3.02. The van der Waals surface area contributed by atoms with Crippen molar-refractivity contribution in [3.8, 4) is 0 Å². The molecule has 20 heavy (non-hydrogen) atoms. The molecule has 0 bridgehead atoms. The van der Waals surface area contributed by atoms with E-state index < -0.39 is 0 Å². The molecule has 1 unspecified atom stereocenters. The minimum atomic E-state index is 0. The first-order valence-electron chi connectivity index (χ1n) is 5.92. The normalized spacial score (nSPS) is 15.9. The van der Waals surface area contributed by atoms with E-state index in [0.717, 1.165) is 12.8 Å². The smallest absolute Gasteiger partial charge is 1.00 e. The van der Waals surface area contributed by atoms with Crippen molar-refractivity contribution < 1.29 is 51.0 Å². The zero-order valence-corrected chi connectivity index (χ0v) is 15.1. The summed E-state index contributed by atoms with van der Waals surface area (Å²) in [6, 6.07) is 8.44. The van der Waals surface area contributed by atoms with Crippen LogP contribution < -0.4 is 24.8 Å². The van der Waals surface area contributed by atoms with Gasteiger partial charge in [-0.2, -0.15) is 11.6 Å². The summed E-state index contributed by atoms with van der Waals surface area (Å²) in [7, 11) is 0. The first kappa shape index (κ1) is 21.9. The first-order valence-corrected chi connectivity index (χ1v) is 5.92. The molecule has 1 aromatic carbocycles. The number of benzene rings is 1. The maximum Gasteiger partial charge on any atom is 4.00 e. The molecule has 1 aromatic rings. The molecule has 0 amide bonds. The molecule has 102 valence electrons. The fourth-order valence-corrected chi connectivity index (χ4v) is 1.94. The van der Waals surface area contributed by atoms with Crippen molar-refractivity contribution in [3.63, 3.8) is 0 Å². The van der Waals surface area contributed by atoms with E-state index in [9.17, 15) is 0 Å². The summed E-state index contributed by atoms with van der Waals surface area (Å²) < 4.78 is 0. The van der Waals surface area contributed by atoms with Crippen LogP contribution in [0.4, 0.5) is 0 Å². The van der Waals surface area contributed by atoms with Gasteiger partial charge in [0.15, 0.2) is 0 Å². The van der Waals surface area contributed by atoms with Crippen molar-refractivity contribution in [2.24, 2.45) is 0 Å². The van der Waals surface area contributed by atoms with Crippen LogP contribution >= 0.6 is 0 Å². The fraction of sp³-hybridized carbons (Fsp3) is 0.176. The zero-order valence-electron chi connectivity index (χ0n) is 11.2. The van der Waals surface area contributed by atoms with Crippen LogP contribution in [0.2, 0.25) is 0 Å². The minimum Gasteiger partial charge on any atom is -1.00 e.